The highest BCUT2D eigenvalue weighted by Crippen LogP contribution is 2.34. The number of hydrogen-bond donors (Lipinski definition) is 0. The van der Waals surface area contributed by atoms with Gasteiger partial charge in [-0.1, -0.05) is 6.42 Å². The third kappa shape index (κ3) is 2.89. The summed E-state index contributed by atoms with van der Waals surface area (Å²) < 4.78 is 11.1. The second-order valence-electron chi connectivity index (χ2n) is 6.58. The van der Waals surface area contributed by atoms with Crippen molar-refractivity contribution in [3.05, 3.63) is 57.2 Å². The average molecular weight is 353 g/mol. The summed E-state index contributed by atoms with van der Waals surface area (Å²) in [6, 6.07) is 10.2. The number of methoxy groups -OCH3 is 1. The van der Waals surface area contributed by atoms with Crippen LogP contribution < -0.4 is 20.2 Å². The first-order valence-corrected chi connectivity index (χ1v) is 8.69. The fraction of sp³-hybridized carbons (Fsp3) is 0.368. The molecule has 1 spiro atoms. The van der Waals surface area contributed by atoms with Gasteiger partial charge in [0.05, 0.1) is 12.0 Å². The maximum atomic E-state index is 11.4. The summed E-state index contributed by atoms with van der Waals surface area (Å²) in [5.41, 5.74) is -0.585. The van der Waals surface area contributed by atoms with Crippen molar-refractivity contribution in [1.29, 1.82) is 0 Å². The van der Waals surface area contributed by atoms with Gasteiger partial charge in [0.15, 0.2) is 16.8 Å². The Morgan fingerprint density at radius 2 is 1.62 bits per heavy atom. The minimum absolute atomic E-state index is 0.0201. The Hall–Kier alpha value is -2.96. The predicted octanol–water partition coefficient (Wildman–Crippen LogP) is 3.31. The van der Waals surface area contributed by atoms with Gasteiger partial charge in [0.25, 0.3) is 5.69 Å². The summed E-state index contributed by atoms with van der Waals surface area (Å²) >= 11 is 0. The second-order valence-corrected chi connectivity index (χ2v) is 6.58. The summed E-state index contributed by atoms with van der Waals surface area (Å²) in [5, 5.41) is 12.2. The number of nitrogens with zero attached hydrogens (tertiary/aromatic N) is 3. The van der Waals surface area contributed by atoms with E-state index in [1.165, 1.54) is 6.07 Å². The van der Waals surface area contributed by atoms with E-state index >= 15 is 0 Å². The molecule has 0 N–H and O–H groups in total. The first-order chi connectivity index (χ1) is 12.6. The molecular formula is C19H19N3O4. The number of benzene rings is 2. The lowest BCUT2D eigenvalue weighted by atomic mass is 9.90. The maximum Gasteiger partial charge on any atom is 0.296 e. The molecule has 0 unspecified atom stereocenters. The van der Waals surface area contributed by atoms with Crippen molar-refractivity contribution in [3.63, 3.8) is 0 Å². The molecule has 26 heavy (non-hydrogen) atoms. The molecule has 2 aliphatic rings. The largest absolute Gasteiger partial charge is 0.497 e. The average Bonchev–Trinajstić information content (AvgIpc) is 3.01. The van der Waals surface area contributed by atoms with Gasteiger partial charge in [-0.15, -0.1) is 0 Å². The molecule has 2 aromatic carbocycles. The minimum atomic E-state index is -0.565. The Labute approximate surface area is 150 Å². The van der Waals surface area contributed by atoms with Gasteiger partial charge in [-0.3, -0.25) is 10.1 Å². The van der Waals surface area contributed by atoms with E-state index in [2.05, 4.69) is 4.99 Å². The molecule has 1 fully saturated rings. The number of nitro benzene ring substituents is 1. The van der Waals surface area contributed by atoms with Crippen molar-refractivity contribution < 1.29 is 14.4 Å². The number of rotatable bonds is 4. The summed E-state index contributed by atoms with van der Waals surface area (Å²) in [6.07, 6.45) is 4.86. The maximum absolute atomic E-state index is 11.4. The molecule has 0 amide bonds. The minimum Gasteiger partial charge on any atom is -0.497 e. The van der Waals surface area contributed by atoms with E-state index in [9.17, 15) is 10.1 Å². The van der Waals surface area contributed by atoms with E-state index in [1.807, 2.05) is 0 Å². The van der Waals surface area contributed by atoms with E-state index in [4.69, 9.17) is 14.5 Å². The van der Waals surface area contributed by atoms with Gasteiger partial charge in [0.1, 0.15) is 16.9 Å². The lowest BCUT2D eigenvalue weighted by Crippen LogP contribution is -2.26. The zero-order valence-electron chi connectivity index (χ0n) is 14.5. The van der Waals surface area contributed by atoms with Crippen molar-refractivity contribution in [2.45, 2.75) is 37.8 Å². The van der Waals surface area contributed by atoms with Crippen molar-refractivity contribution >= 4 is 5.69 Å². The summed E-state index contributed by atoms with van der Waals surface area (Å²) in [5.74, 6) is 1.83. The van der Waals surface area contributed by atoms with Crippen LogP contribution in [0.4, 0.5) is 5.69 Å². The molecule has 7 nitrogen and oxygen atoms in total. The van der Waals surface area contributed by atoms with Crippen LogP contribution in [0.2, 0.25) is 0 Å². The predicted molar refractivity (Wildman–Crippen MR) is 94.3 cm³/mol. The van der Waals surface area contributed by atoms with Crippen molar-refractivity contribution in [1.82, 2.24) is 0 Å². The van der Waals surface area contributed by atoms with E-state index in [-0.39, 0.29) is 5.69 Å². The molecule has 0 bridgehead atoms. The quantitative estimate of drug-likeness (QED) is 0.623. The number of non-ortho nitro benzene ring substituents is 1. The van der Waals surface area contributed by atoms with Gasteiger partial charge in [-0.05, 0) is 56.0 Å². The van der Waals surface area contributed by atoms with Crippen molar-refractivity contribution in [2.75, 3.05) is 7.11 Å². The van der Waals surface area contributed by atoms with Crippen LogP contribution >= 0.6 is 0 Å². The molecular weight excluding hydrogens is 334 g/mol. The highest BCUT2D eigenvalue weighted by molar-refractivity contribution is 5.40. The summed E-state index contributed by atoms with van der Waals surface area (Å²) in [6.45, 7) is 0. The normalized spacial score (nSPS) is 17.1. The fourth-order valence-corrected chi connectivity index (χ4v) is 3.55. The summed E-state index contributed by atoms with van der Waals surface area (Å²) in [4.78, 5) is 20.5. The molecule has 1 heterocycles. The molecule has 0 atom stereocenters. The zero-order valence-corrected chi connectivity index (χ0v) is 14.5. The molecule has 134 valence electrons. The van der Waals surface area contributed by atoms with Crippen LogP contribution in [-0.4, -0.2) is 17.7 Å². The Morgan fingerprint density at radius 3 is 2.27 bits per heavy atom. The molecule has 2 aromatic rings. The number of ether oxygens (including phenoxy) is 2. The fourth-order valence-electron chi connectivity index (χ4n) is 3.55. The van der Waals surface area contributed by atoms with E-state index in [0.717, 1.165) is 37.9 Å². The standard InChI is InChI=1S/C19H19N3O4/c1-25-13-5-7-14(8-6-13)26-16-10-9-15(22(23)24)17-18(16)21-19(20-17)11-3-2-4-12-19/h5-10H,2-4,11-12H2,1H3. The summed E-state index contributed by atoms with van der Waals surface area (Å²) in [7, 11) is 1.60. The van der Waals surface area contributed by atoms with Crippen LogP contribution in [0.5, 0.6) is 17.2 Å². The third-order valence-electron chi connectivity index (χ3n) is 4.87. The highest BCUT2D eigenvalue weighted by Gasteiger charge is 2.35. The zero-order chi connectivity index (χ0) is 18.1. The van der Waals surface area contributed by atoms with Crippen LogP contribution in [-0.2, 0) is 0 Å². The Kier molecular flexibility index (Phi) is 4.06. The highest BCUT2D eigenvalue weighted by atomic mass is 16.6. The van der Waals surface area contributed by atoms with Gasteiger partial charge >= 0.3 is 0 Å². The number of hydrogen-bond acceptors (Lipinski definition) is 6. The molecule has 0 radical (unpaired) electrons. The molecule has 0 saturated heterocycles. The van der Waals surface area contributed by atoms with Crippen LogP contribution in [0.15, 0.2) is 46.4 Å². The number of fused-ring (bicyclic) bond motifs is 1. The lowest BCUT2D eigenvalue weighted by molar-refractivity contribution is -0.386. The van der Waals surface area contributed by atoms with Crippen molar-refractivity contribution in [2.24, 2.45) is 9.98 Å². The van der Waals surface area contributed by atoms with E-state index in [1.54, 1.807) is 37.4 Å². The first-order valence-electron chi connectivity index (χ1n) is 8.69. The van der Waals surface area contributed by atoms with Crippen molar-refractivity contribution in [3.8, 4) is 17.2 Å². The van der Waals surface area contributed by atoms with Crippen LogP contribution in [0.3, 0.4) is 0 Å². The Balaban J connectivity index is 1.79. The Bertz CT molecular complexity index is 964. The smallest absolute Gasteiger partial charge is 0.296 e. The topological polar surface area (TPSA) is 86.3 Å². The number of nitro groups is 1. The van der Waals surface area contributed by atoms with Crippen LogP contribution in [0.25, 0.3) is 0 Å². The molecule has 0 aromatic heterocycles. The van der Waals surface area contributed by atoms with Crippen LogP contribution in [0.1, 0.15) is 32.1 Å². The Morgan fingerprint density at radius 1 is 0.962 bits per heavy atom. The monoisotopic (exact) mass is 353 g/mol. The molecule has 1 aliphatic carbocycles. The lowest BCUT2D eigenvalue weighted by Gasteiger charge is -2.27. The van der Waals surface area contributed by atoms with Gasteiger partial charge in [0, 0.05) is 6.07 Å². The molecule has 1 aliphatic heterocycles. The van der Waals surface area contributed by atoms with Gasteiger partial charge < -0.3 is 9.47 Å². The van der Waals surface area contributed by atoms with E-state index < -0.39 is 10.6 Å². The molecule has 4 rings (SSSR count). The second kappa shape index (κ2) is 6.40. The van der Waals surface area contributed by atoms with E-state index in [0.29, 0.717) is 22.2 Å². The van der Waals surface area contributed by atoms with Gasteiger partial charge in [0.2, 0.25) is 0 Å². The third-order valence-corrected chi connectivity index (χ3v) is 4.87. The van der Waals surface area contributed by atoms with Gasteiger partial charge in [-0.25, -0.2) is 9.98 Å². The molecule has 1 saturated carbocycles. The first kappa shape index (κ1) is 16.5. The van der Waals surface area contributed by atoms with Gasteiger partial charge in [-0.2, -0.15) is 0 Å². The van der Waals surface area contributed by atoms with Crippen LogP contribution in [0, 0.1) is 10.1 Å². The molecule has 7 heteroatoms. The SMILES string of the molecule is COc1ccc(Oc2ccc([N+](=O)[O-])c3c2=NC2(CCCCC2)N=3)cc1.